The minimum absolute atomic E-state index is 0.0554. The van der Waals surface area contributed by atoms with E-state index in [1.54, 1.807) is 3.79 Å². The molecule has 0 unspecified atom stereocenters. The zero-order valence-electron chi connectivity index (χ0n) is 8.63. The summed E-state index contributed by atoms with van der Waals surface area (Å²) in [5.74, 6) is 0. The topological polar surface area (TPSA) is 34.4 Å². The van der Waals surface area contributed by atoms with Crippen molar-refractivity contribution in [1.82, 2.24) is 8.77 Å². The number of rotatable bonds is 1. The molecule has 3 rings (SSSR count). The summed E-state index contributed by atoms with van der Waals surface area (Å²) in [4.78, 5) is 16.7. The van der Waals surface area contributed by atoms with Gasteiger partial charge in [0.25, 0.3) is 5.56 Å². The van der Waals surface area contributed by atoms with Crippen LogP contribution in [0.2, 0.25) is 5.02 Å². The smallest absolute Gasteiger partial charge is 0.267 e. The predicted octanol–water partition coefficient (Wildman–Crippen LogP) is 3.08. The lowest BCUT2D eigenvalue weighted by Crippen LogP contribution is -2.07. The summed E-state index contributed by atoms with van der Waals surface area (Å²) in [6.45, 7) is 0. The van der Waals surface area contributed by atoms with E-state index in [-0.39, 0.29) is 5.56 Å². The monoisotopic (exact) mass is 262 g/mol. The van der Waals surface area contributed by atoms with Crippen molar-refractivity contribution in [3.8, 4) is 10.4 Å². The SMILES string of the molecule is O=c1ccnc2cc(-c3ccc(Cl)cc3)sn12. The third kappa shape index (κ3) is 1.85. The van der Waals surface area contributed by atoms with Crippen molar-refractivity contribution in [2.45, 2.75) is 0 Å². The van der Waals surface area contributed by atoms with Gasteiger partial charge < -0.3 is 0 Å². The first-order valence-corrected chi connectivity index (χ1v) is 6.13. The predicted molar refractivity (Wildman–Crippen MR) is 69.8 cm³/mol. The van der Waals surface area contributed by atoms with E-state index < -0.39 is 0 Å². The molecule has 0 aliphatic carbocycles. The largest absolute Gasteiger partial charge is 0.268 e. The summed E-state index contributed by atoms with van der Waals surface area (Å²) in [5.41, 5.74) is 1.65. The number of hydrogen-bond acceptors (Lipinski definition) is 3. The van der Waals surface area contributed by atoms with Gasteiger partial charge in [0.05, 0.1) is 4.88 Å². The van der Waals surface area contributed by atoms with Gasteiger partial charge in [0.1, 0.15) is 0 Å². The minimum atomic E-state index is -0.0554. The van der Waals surface area contributed by atoms with Crippen molar-refractivity contribution >= 4 is 28.8 Å². The highest BCUT2D eigenvalue weighted by Crippen LogP contribution is 2.26. The molecular weight excluding hydrogens is 256 g/mol. The number of halogens is 1. The first-order valence-electron chi connectivity index (χ1n) is 4.98. The van der Waals surface area contributed by atoms with Gasteiger partial charge in [-0.05, 0) is 29.2 Å². The number of aromatic nitrogens is 2. The van der Waals surface area contributed by atoms with Crippen LogP contribution in [0.25, 0.3) is 16.1 Å². The molecule has 17 heavy (non-hydrogen) atoms. The summed E-state index contributed by atoms with van der Waals surface area (Å²) in [6.07, 6.45) is 1.52. The van der Waals surface area contributed by atoms with E-state index in [0.29, 0.717) is 10.7 Å². The normalized spacial score (nSPS) is 10.9. The summed E-state index contributed by atoms with van der Waals surface area (Å²) >= 11 is 7.22. The van der Waals surface area contributed by atoms with Crippen LogP contribution in [0.5, 0.6) is 0 Å². The Morgan fingerprint density at radius 3 is 2.65 bits per heavy atom. The van der Waals surface area contributed by atoms with Crippen LogP contribution >= 0.6 is 23.1 Å². The van der Waals surface area contributed by atoms with E-state index in [1.165, 1.54) is 23.8 Å². The van der Waals surface area contributed by atoms with Crippen molar-refractivity contribution in [2.24, 2.45) is 0 Å². The lowest BCUT2D eigenvalue weighted by Gasteiger charge is -1.95. The third-order valence-corrected chi connectivity index (χ3v) is 3.76. The Hall–Kier alpha value is -1.65. The van der Waals surface area contributed by atoms with Gasteiger partial charge in [0.2, 0.25) is 0 Å². The van der Waals surface area contributed by atoms with Crippen LogP contribution < -0.4 is 5.56 Å². The Labute approximate surface area is 106 Å². The third-order valence-electron chi connectivity index (χ3n) is 2.41. The number of benzene rings is 1. The van der Waals surface area contributed by atoms with E-state index in [4.69, 9.17) is 11.6 Å². The molecule has 0 saturated heterocycles. The fourth-order valence-corrected chi connectivity index (χ4v) is 2.66. The van der Waals surface area contributed by atoms with Gasteiger partial charge in [-0.2, -0.15) is 0 Å². The van der Waals surface area contributed by atoms with E-state index in [1.807, 2.05) is 30.3 Å². The van der Waals surface area contributed by atoms with Crippen molar-refractivity contribution < 1.29 is 0 Å². The second-order valence-electron chi connectivity index (χ2n) is 3.54. The molecule has 2 aromatic heterocycles. The first kappa shape index (κ1) is 10.5. The Balaban J connectivity index is 2.21. The molecule has 0 aliphatic heterocycles. The lowest BCUT2D eigenvalue weighted by molar-refractivity contribution is 1.16. The van der Waals surface area contributed by atoms with E-state index in [9.17, 15) is 4.79 Å². The molecule has 5 heteroatoms. The molecule has 3 aromatic rings. The number of hydrogen-bond donors (Lipinski definition) is 0. The number of fused-ring (bicyclic) bond motifs is 1. The molecule has 0 amide bonds. The van der Waals surface area contributed by atoms with Crippen LogP contribution in [0, 0.1) is 0 Å². The molecule has 0 aliphatic rings. The average Bonchev–Trinajstić information content (AvgIpc) is 2.75. The van der Waals surface area contributed by atoms with E-state index in [0.717, 1.165) is 10.4 Å². The van der Waals surface area contributed by atoms with Crippen molar-refractivity contribution in [1.29, 1.82) is 0 Å². The zero-order chi connectivity index (χ0) is 11.8. The van der Waals surface area contributed by atoms with Gasteiger partial charge in [0.15, 0.2) is 5.65 Å². The van der Waals surface area contributed by atoms with Crippen LogP contribution in [0.1, 0.15) is 0 Å². The molecular formula is C12H7ClN2OS. The summed E-state index contributed by atoms with van der Waals surface area (Å²) in [7, 11) is 0. The Morgan fingerprint density at radius 2 is 1.94 bits per heavy atom. The lowest BCUT2D eigenvalue weighted by atomic mass is 10.2. The highest BCUT2D eigenvalue weighted by molar-refractivity contribution is 7.10. The maximum absolute atomic E-state index is 11.6. The molecule has 0 bridgehead atoms. The Kier molecular flexibility index (Phi) is 2.46. The highest BCUT2D eigenvalue weighted by Gasteiger charge is 2.05. The van der Waals surface area contributed by atoms with Gasteiger partial charge in [-0.25, -0.2) is 8.77 Å². The quantitative estimate of drug-likeness (QED) is 0.675. The van der Waals surface area contributed by atoms with Crippen LogP contribution in [-0.4, -0.2) is 8.77 Å². The molecule has 84 valence electrons. The average molecular weight is 263 g/mol. The first-order chi connectivity index (χ1) is 8.24. The molecule has 0 saturated carbocycles. The van der Waals surface area contributed by atoms with Crippen molar-refractivity contribution in [2.75, 3.05) is 0 Å². The van der Waals surface area contributed by atoms with Gasteiger partial charge in [0, 0.05) is 23.4 Å². The zero-order valence-corrected chi connectivity index (χ0v) is 10.2. The van der Waals surface area contributed by atoms with Crippen LogP contribution in [0.15, 0.2) is 47.4 Å². The fourth-order valence-electron chi connectivity index (χ4n) is 1.59. The second-order valence-corrected chi connectivity index (χ2v) is 4.97. The van der Waals surface area contributed by atoms with Crippen molar-refractivity contribution in [3.05, 3.63) is 58.0 Å². The summed E-state index contributed by atoms with van der Waals surface area (Å²) in [5, 5.41) is 0.699. The fraction of sp³-hybridized carbons (Fsp3) is 0. The molecule has 0 atom stereocenters. The van der Waals surface area contributed by atoms with Crippen LogP contribution in [0.3, 0.4) is 0 Å². The van der Waals surface area contributed by atoms with Crippen molar-refractivity contribution in [3.63, 3.8) is 0 Å². The Bertz CT molecular complexity index is 730. The molecule has 1 aromatic carbocycles. The second kappa shape index (κ2) is 3.98. The van der Waals surface area contributed by atoms with Gasteiger partial charge in [-0.3, -0.25) is 4.79 Å². The molecule has 3 nitrogen and oxygen atoms in total. The summed E-state index contributed by atoms with van der Waals surface area (Å²) < 4.78 is 1.57. The maximum Gasteiger partial charge on any atom is 0.267 e. The highest BCUT2D eigenvalue weighted by atomic mass is 35.5. The standard InChI is InChI=1S/C12H7ClN2OS/c13-9-3-1-8(2-4-9)10-7-11-14-6-5-12(16)15(11)17-10/h1-7H. The van der Waals surface area contributed by atoms with E-state index >= 15 is 0 Å². The summed E-state index contributed by atoms with van der Waals surface area (Å²) in [6, 6.07) is 10.9. The minimum Gasteiger partial charge on any atom is -0.268 e. The van der Waals surface area contributed by atoms with Gasteiger partial charge in [-0.15, -0.1) is 0 Å². The van der Waals surface area contributed by atoms with Gasteiger partial charge in [-0.1, -0.05) is 23.7 Å². The molecule has 0 radical (unpaired) electrons. The molecule has 0 fully saturated rings. The molecule has 2 heterocycles. The van der Waals surface area contributed by atoms with Gasteiger partial charge >= 0.3 is 0 Å². The van der Waals surface area contributed by atoms with E-state index in [2.05, 4.69) is 4.98 Å². The molecule has 0 spiro atoms. The maximum atomic E-state index is 11.6. The van der Waals surface area contributed by atoms with Crippen LogP contribution in [-0.2, 0) is 0 Å². The molecule has 0 N–H and O–H groups in total. The number of nitrogens with zero attached hydrogens (tertiary/aromatic N) is 2. The van der Waals surface area contributed by atoms with Crippen LogP contribution in [0.4, 0.5) is 0 Å². The Morgan fingerprint density at radius 1 is 1.18 bits per heavy atom.